The van der Waals surface area contributed by atoms with E-state index < -0.39 is 72.5 Å². The molecule has 0 aliphatic carbocycles. The third kappa shape index (κ3) is 15.4. The summed E-state index contributed by atoms with van der Waals surface area (Å²) in [6.07, 6.45) is -4.61. The number of nitrogens with one attached hydrogen (secondary N) is 4. The number of benzene rings is 2. The number of hydrogen-bond acceptors (Lipinski definition) is 8. The van der Waals surface area contributed by atoms with Crippen LogP contribution in [0, 0.1) is 5.92 Å². The molecule has 0 spiro atoms. The molecular weight excluding hydrogens is 643 g/mol. The number of nitrogens with two attached hydrogens (primary N) is 1. The van der Waals surface area contributed by atoms with Gasteiger partial charge in [0.15, 0.2) is 0 Å². The number of carbonyl (C=O) groups is 6. The lowest BCUT2D eigenvalue weighted by Gasteiger charge is -2.31. The van der Waals surface area contributed by atoms with Crippen LogP contribution in [-0.4, -0.2) is 87.8 Å². The van der Waals surface area contributed by atoms with Crippen LogP contribution in [0.5, 0.6) is 5.75 Å². The van der Waals surface area contributed by atoms with Gasteiger partial charge in [-0.15, -0.1) is 0 Å². The van der Waals surface area contributed by atoms with Crippen molar-refractivity contribution in [1.29, 1.82) is 0 Å². The van der Waals surface area contributed by atoms with Crippen LogP contribution in [0.2, 0.25) is 0 Å². The number of carbonyl (C=O) groups excluding carboxylic acids is 4. The van der Waals surface area contributed by atoms with Gasteiger partial charge in [0.1, 0.15) is 17.3 Å². The first-order valence-corrected chi connectivity index (χ1v) is 14.5. The van der Waals surface area contributed by atoms with Gasteiger partial charge < -0.3 is 42.3 Å². The molecule has 4 amide bonds. The highest BCUT2D eigenvalue weighted by atomic mass is 19.4. The summed E-state index contributed by atoms with van der Waals surface area (Å²) in [5, 5.41) is 36.0. The molecular formula is C31H40F3N5O9. The molecule has 0 saturated carbocycles. The predicted octanol–water partition coefficient (Wildman–Crippen LogP) is 0.861. The van der Waals surface area contributed by atoms with E-state index >= 15 is 0 Å². The number of phenols is 1. The fraction of sp³-hybridized carbons (Fsp3) is 0.419. The van der Waals surface area contributed by atoms with Gasteiger partial charge in [0, 0.05) is 6.42 Å². The first kappa shape index (κ1) is 40.8. The van der Waals surface area contributed by atoms with Crippen LogP contribution >= 0.6 is 0 Å². The second kappa shape index (κ2) is 18.8. The average molecular weight is 684 g/mol. The van der Waals surface area contributed by atoms with Crippen molar-refractivity contribution in [3.8, 4) is 5.75 Å². The second-order valence-corrected chi connectivity index (χ2v) is 11.3. The van der Waals surface area contributed by atoms with Gasteiger partial charge in [-0.3, -0.25) is 19.2 Å². The largest absolute Gasteiger partial charge is 0.508 e. The minimum Gasteiger partial charge on any atom is -0.508 e. The SMILES string of the molecule is CC(C)C[C@H](NC(=O)[C@](C)(Cc1ccccc1)NC(=O)CNC(=O)CNC(=O)[C@@H](N)Cc1ccc(O)cc1)C(=O)O.O=C(O)C(F)(F)F. The molecule has 0 aliphatic heterocycles. The predicted molar refractivity (Wildman–Crippen MR) is 165 cm³/mol. The van der Waals surface area contributed by atoms with Gasteiger partial charge >= 0.3 is 18.1 Å². The Kier molecular flexibility index (Phi) is 16.0. The highest BCUT2D eigenvalue weighted by molar-refractivity contribution is 5.95. The zero-order chi connectivity index (χ0) is 36.7. The van der Waals surface area contributed by atoms with Crippen molar-refractivity contribution in [3.05, 3.63) is 65.7 Å². The quantitative estimate of drug-likeness (QED) is 0.132. The summed E-state index contributed by atoms with van der Waals surface area (Å²) in [7, 11) is 0. The lowest BCUT2D eigenvalue weighted by molar-refractivity contribution is -0.192. The van der Waals surface area contributed by atoms with Crippen LogP contribution < -0.4 is 27.0 Å². The normalized spacial score (nSPS) is 13.4. The van der Waals surface area contributed by atoms with Crippen LogP contribution in [0.4, 0.5) is 13.2 Å². The van der Waals surface area contributed by atoms with Crippen molar-refractivity contribution >= 4 is 35.6 Å². The van der Waals surface area contributed by atoms with Crippen molar-refractivity contribution < 1.29 is 57.3 Å². The molecule has 48 heavy (non-hydrogen) atoms. The molecule has 0 fully saturated rings. The fourth-order valence-electron chi connectivity index (χ4n) is 4.07. The van der Waals surface area contributed by atoms with Crippen molar-refractivity contribution in [2.75, 3.05) is 13.1 Å². The summed E-state index contributed by atoms with van der Waals surface area (Å²) in [6.45, 7) is 4.25. The summed E-state index contributed by atoms with van der Waals surface area (Å²) in [5.41, 5.74) is 5.83. The topological polar surface area (TPSA) is 237 Å². The number of carboxylic acid groups (broad SMARTS) is 2. The van der Waals surface area contributed by atoms with Crippen molar-refractivity contribution in [3.63, 3.8) is 0 Å². The standard InChI is InChI=1S/C29H39N5O7.C2HF3O2/c1-18(2)13-23(27(39)40)33-28(41)29(3,15-20-7-5-4-6-8-20)34-25(37)17-31-24(36)16-32-26(38)22(30)14-19-9-11-21(35)12-10-19;3-2(4,5)1(6)7/h4-12,18,22-23,35H,13-17,30H2,1-3H3,(H,31,36)(H,32,38)(H,33,41)(H,34,37)(H,39,40);(H,6,7)/t22-,23-,29-;/m0./s1. The van der Waals surface area contributed by atoms with E-state index in [-0.39, 0.29) is 30.9 Å². The van der Waals surface area contributed by atoms with Crippen LogP contribution in [0.15, 0.2) is 54.6 Å². The zero-order valence-electron chi connectivity index (χ0n) is 26.5. The first-order valence-electron chi connectivity index (χ1n) is 14.5. The molecule has 0 aliphatic rings. The molecule has 2 aromatic carbocycles. The molecule has 9 N–H and O–H groups in total. The Morgan fingerprint density at radius 3 is 1.88 bits per heavy atom. The number of rotatable bonds is 15. The van der Waals surface area contributed by atoms with E-state index in [1.165, 1.54) is 19.1 Å². The monoisotopic (exact) mass is 683 g/mol. The number of phenolic OH excluding ortho intramolecular Hbond substituents is 1. The van der Waals surface area contributed by atoms with Crippen LogP contribution in [-0.2, 0) is 41.6 Å². The van der Waals surface area contributed by atoms with E-state index in [4.69, 9.17) is 15.6 Å². The summed E-state index contributed by atoms with van der Waals surface area (Å²) < 4.78 is 31.7. The molecule has 0 unspecified atom stereocenters. The molecule has 17 heteroatoms. The number of hydrogen-bond donors (Lipinski definition) is 8. The maximum Gasteiger partial charge on any atom is 0.490 e. The van der Waals surface area contributed by atoms with Gasteiger partial charge in [0.25, 0.3) is 0 Å². The second-order valence-electron chi connectivity index (χ2n) is 11.3. The number of carboxylic acids is 2. The summed E-state index contributed by atoms with van der Waals surface area (Å²) in [5.74, 6) is -6.43. The van der Waals surface area contributed by atoms with E-state index in [1.807, 2.05) is 13.8 Å². The molecule has 0 aromatic heterocycles. The number of amides is 4. The highest BCUT2D eigenvalue weighted by Crippen LogP contribution is 2.16. The first-order chi connectivity index (χ1) is 22.2. The van der Waals surface area contributed by atoms with E-state index in [0.29, 0.717) is 0 Å². The van der Waals surface area contributed by atoms with Gasteiger partial charge in [0.05, 0.1) is 19.1 Å². The Morgan fingerprint density at radius 2 is 1.38 bits per heavy atom. The Labute approximate surface area is 274 Å². The molecule has 0 heterocycles. The molecule has 264 valence electrons. The van der Waals surface area contributed by atoms with Crippen LogP contribution in [0.25, 0.3) is 0 Å². The third-order valence-corrected chi connectivity index (χ3v) is 6.47. The average Bonchev–Trinajstić information content (AvgIpc) is 2.99. The van der Waals surface area contributed by atoms with E-state index in [1.54, 1.807) is 42.5 Å². The van der Waals surface area contributed by atoms with Gasteiger partial charge in [-0.2, -0.15) is 13.2 Å². The molecule has 3 atom stereocenters. The third-order valence-electron chi connectivity index (χ3n) is 6.47. The van der Waals surface area contributed by atoms with Crippen LogP contribution in [0.1, 0.15) is 38.3 Å². The minimum absolute atomic E-state index is 0.00411. The molecule has 0 bridgehead atoms. The van der Waals surface area contributed by atoms with E-state index in [0.717, 1.165) is 11.1 Å². The number of alkyl halides is 3. The summed E-state index contributed by atoms with van der Waals surface area (Å²) in [4.78, 5) is 71.2. The smallest absolute Gasteiger partial charge is 0.490 e. The molecule has 14 nitrogen and oxygen atoms in total. The van der Waals surface area contributed by atoms with Gasteiger partial charge in [-0.25, -0.2) is 9.59 Å². The fourth-order valence-corrected chi connectivity index (χ4v) is 4.07. The Balaban J connectivity index is 0.00000148. The number of aliphatic carboxylic acids is 2. The lowest BCUT2D eigenvalue weighted by Crippen LogP contribution is -2.62. The molecule has 0 saturated heterocycles. The Hall–Kier alpha value is -5.19. The van der Waals surface area contributed by atoms with Crippen molar-refractivity contribution in [1.82, 2.24) is 21.3 Å². The van der Waals surface area contributed by atoms with Crippen LogP contribution in [0.3, 0.4) is 0 Å². The van der Waals surface area contributed by atoms with E-state index in [9.17, 15) is 47.4 Å². The minimum atomic E-state index is -5.08. The molecule has 2 aromatic rings. The van der Waals surface area contributed by atoms with E-state index in [2.05, 4.69) is 21.3 Å². The zero-order valence-corrected chi connectivity index (χ0v) is 26.5. The molecule has 2 rings (SSSR count). The van der Waals surface area contributed by atoms with Crippen molar-refractivity contribution in [2.45, 2.75) is 63.8 Å². The maximum atomic E-state index is 13.3. The van der Waals surface area contributed by atoms with Gasteiger partial charge in [-0.1, -0.05) is 56.3 Å². The number of halogens is 3. The van der Waals surface area contributed by atoms with Gasteiger partial charge in [0.2, 0.25) is 23.6 Å². The maximum absolute atomic E-state index is 13.3. The molecule has 0 radical (unpaired) electrons. The number of aromatic hydroxyl groups is 1. The Morgan fingerprint density at radius 1 is 0.833 bits per heavy atom. The van der Waals surface area contributed by atoms with Crippen molar-refractivity contribution in [2.24, 2.45) is 11.7 Å². The summed E-state index contributed by atoms with van der Waals surface area (Å²) in [6, 6.07) is 13.0. The van der Waals surface area contributed by atoms with Gasteiger partial charge in [-0.05, 0) is 48.9 Å². The lowest BCUT2D eigenvalue weighted by atomic mass is 9.90. The Bertz CT molecular complexity index is 1410. The highest BCUT2D eigenvalue weighted by Gasteiger charge is 2.39. The summed E-state index contributed by atoms with van der Waals surface area (Å²) >= 11 is 0.